The number of rotatable bonds is 3. The lowest BCUT2D eigenvalue weighted by Crippen LogP contribution is -2.17. The Hall–Kier alpha value is -2.96. The fourth-order valence-electron chi connectivity index (χ4n) is 3.32. The van der Waals surface area contributed by atoms with Gasteiger partial charge in [-0.15, -0.1) is 13.2 Å². The van der Waals surface area contributed by atoms with Crippen LogP contribution in [0.25, 0.3) is 22.0 Å². The van der Waals surface area contributed by atoms with E-state index in [1.54, 1.807) is 23.7 Å². The van der Waals surface area contributed by atoms with Gasteiger partial charge in [-0.05, 0) is 54.8 Å². The van der Waals surface area contributed by atoms with E-state index in [-0.39, 0.29) is 5.75 Å². The third-order valence-electron chi connectivity index (χ3n) is 4.32. The first-order valence-corrected chi connectivity index (χ1v) is 7.84. The number of nitrogens with two attached hydrogens (primary N) is 1. The summed E-state index contributed by atoms with van der Waals surface area (Å²) >= 11 is 0. The van der Waals surface area contributed by atoms with E-state index in [1.165, 1.54) is 12.1 Å². The topological polar surface area (TPSA) is 57.2 Å². The first-order chi connectivity index (χ1) is 12.1. The standard InChI is InChI=1S/C19H17F3N2O2/c1-10-8-14-11(2)16(18(23)25)24(3)17(14)15(9-10)12-4-6-13(7-5-12)26-19(20,21)22/h4-9H,1-3H3,(H2,23,25). The van der Waals surface area contributed by atoms with Crippen molar-refractivity contribution in [2.24, 2.45) is 12.8 Å². The van der Waals surface area contributed by atoms with Crippen molar-refractivity contribution in [3.63, 3.8) is 0 Å². The highest BCUT2D eigenvalue weighted by molar-refractivity contribution is 6.05. The SMILES string of the molecule is Cc1cc(-c2ccc(OC(F)(F)F)cc2)c2c(c1)c(C)c(C(N)=O)n2C. The van der Waals surface area contributed by atoms with Crippen molar-refractivity contribution in [1.29, 1.82) is 0 Å². The smallest absolute Gasteiger partial charge is 0.406 e. The first-order valence-electron chi connectivity index (χ1n) is 7.84. The predicted molar refractivity (Wildman–Crippen MR) is 93.0 cm³/mol. The minimum Gasteiger partial charge on any atom is -0.406 e. The zero-order valence-corrected chi connectivity index (χ0v) is 14.4. The number of nitrogens with zero attached hydrogens (tertiary/aromatic N) is 1. The van der Waals surface area contributed by atoms with Crippen LogP contribution in [0.1, 0.15) is 21.6 Å². The van der Waals surface area contributed by atoms with Crippen molar-refractivity contribution in [2.75, 3.05) is 0 Å². The van der Waals surface area contributed by atoms with Crippen molar-refractivity contribution in [1.82, 2.24) is 4.57 Å². The van der Waals surface area contributed by atoms with Crippen LogP contribution < -0.4 is 10.5 Å². The number of aromatic nitrogens is 1. The number of fused-ring (bicyclic) bond motifs is 1. The number of carbonyl (C=O) groups excluding carboxylic acids is 1. The van der Waals surface area contributed by atoms with E-state index in [0.717, 1.165) is 27.6 Å². The van der Waals surface area contributed by atoms with Crippen molar-refractivity contribution in [3.8, 4) is 16.9 Å². The zero-order valence-electron chi connectivity index (χ0n) is 14.4. The molecular formula is C19H17F3N2O2. The Morgan fingerprint density at radius 3 is 2.27 bits per heavy atom. The number of benzene rings is 2. The maximum atomic E-state index is 12.3. The summed E-state index contributed by atoms with van der Waals surface area (Å²) in [6.07, 6.45) is -4.73. The molecule has 4 nitrogen and oxygen atoms in total. The van der Waals surface area contributed by atoms with Gasteiger partial charge in [-0.1, -0.05) is 12.1 Å². The molecule has 0 fully saturated rings. The predicted octanol–water partition coefficient (Wildman–Crippen LogP) is 4.46. The largest absolute Gasteiger partial charge is 0.573 e. The highest BCUT2D eigenvalue weighted by atomic mass is 19.4. The second-order valence-corrected chi connectivity index (χ2v) is 6.18. The highest BCUT2D eigenvalue weighted by Crippen LogP contribution is 2.35. The van der Waals surface area contributed by atoms with Gasteiger partial charge >= 0.3 is 6.36 Å². The number of carbonyl (C=O) groups is 1. The first kappa shape index (κ1) is 17.8. The second-order valence-electron chi connectivity index (χ2n) is 6.18. The number of amides is 1. The molecular weight excluding hydrogens is 345 g/mol. The summed E-state index contributed by atoms with van der Waals surface area (Å²) < 4.78 is 42.6. The maximum absolute atomic E-state index is 12.3. The molecule has 0 atom stereocenters. The molecule has 0 saturated carbocycles. The molecule has 0 aliphatic heterocycles. The van der Waals surface area contributed by atoms with E-state index in [2.05, 4.69) is 4.74 Å². The summed E-state index contributed by atoms with van der Waals surface area (Å²) in [4.78, 5) is 11.8. The quantitative estimate of drug-likeness (QED) is 0.748. The minimum atomic E-state index is -4.73. The van der Waals surface area contributed by atoms with Gasteiger partial charge in [0.2, 0.25) is 0 Å². The van der Waals surface area contributed by atoms with Crippen LogP contribution >= 0.6 is 0 Å². The van der Waals surface area contributed by atoms with Crippen LogP contribution in [0.3, 0.4) is 0 Å². The lowest BCUT2D eigenvalue weighted by molar-refractivity contribution is -0.274. The summed E-state index contributed by atoms with van der Waals surface area (Å²) in [5.74, 6) is -0.815. The summed E-state index contributed by atoms with van der Waals surface area (Å²) in [6.45, 7) is 3.74. The van der Waals surface area contributed by atoms with Gasteiger partial charge in [0.15, 0.2) is 0 Å². The molecule has 0 aliphatic carbocycles. The van der Waals surface area contributed by atoms with Crippen LogP contribution in [-0.4, -0.2) is 16.8 Å². The van der Waals surface area contributed by atoms with Crippen LogP contribution in [0.2, 0.25) is 0 Å². The number of primary amides is 1. The normalized spacial score (nSPS) is 11.8. The molecule has 0 bridgehead atoms. The van der Waals surface area contributed by atoms with Crippen molar-refractivity contribution in [3.05, 3.63) is 53.2 Å². The average molecular weight is 362 g/mol. The van der Waals surface area contributed by atoms with E-state index in [1.807, 2.05) is 26.0 Å². The molecule has 26 heavy (non-hydrogen) atoms. The highest BCUT2D eigenvalue weighted by Gasteiger charge is 2.31. The Balaban J connectivity index is 2.19. The average Bonchev–Trinajstić information content (AvgIpc) is 2.77. The van der Waals surface area contributed by atoms with Gasteiger partial charge in [0.05, 0.1) is 5.52 Å². The number of aryl methyl sites for hydroxylation is 3. The lowest BCUT2D eigenvalue weighted by Gasteiger charge is -2.11. The minimum absolute atomic E-state index is 0.286. The molecule has 0 unspecified atom stereocenters. The van der Waals surface area contributed by atoms with Gasteiger partial charge in [0.1, 0.15) is 11.4 Å². The van der Waals surface area contributed by atoms with Gasteiger partial charge in [0, 0.05) is 18.0 Å². The van der Waals surface area contributed by atoms with Gasteiger partial charge in [0.25, 0.3) is 5.91 Å². The van der Waals surface area contributed by atoms with Gasteiger partial charge in [-0.2, -0.15) is 0 Å². The molecule has 0 saturated heterocycles. The van der Waals surface area contributed by atoms with Crippen LogP contribution in [0.15, 0.2) is 36.4 Å². The third kappa shape index (κ3) is 3.12. The number of alkyl halides is 3. The van der Waals surface area contributed by atoms with Crippen molar-refractivity contribution < 1.29 is 22.7 Å². The zero-order chi connectivity index (χ0) is 19.2. The molecule has 1 amide bonds. The number of hydrogen-bond donors (Lipinski definition) is 1. The molecule has 136 valence electrons. The van der Waals surface area contributed by atoms with E-state index in [4.69, 9.17) is 5.73 Å². The molecule has 2 N–H and O–H groups in total. The van der Waals surface area contributed by atoms with Gasteiger partial charge in [-0.3, -0.25) is 4.79 Å². The molecule has 3 rings (SSSR count). The van der Waals surface area contributed by atoms with Crippen LogP contribution in [0.4, 0.5) is 13.2 Å². The molecule has 7 heteroatoms. The Kier molecular flexibility index (Phi) is 4.18. The van der Waals surface area contributed by atoms with Gasteiger partial charge in [-0.25, -0.2) is 0 Å². The van der Waals surface area contributed by atoms with Crippen molar-refractivity contribution >= 4 is 16.8 Å². The van der Waals surface area contributed by atoms with Crippen molar-refractivity contribution in [2.45, 2.75) is 20.2 Å². The fraction of sp³-hybridized carbons (Fsp3) is 0.211. The summed E-state index contributed by atoms with van der Waals surface area (Å²) in [5.41, 5.74) is 9.96. The monoisotopic (exact) mass is 362 g/mol. The second kappa shape index (κ2) is 6.09. The van der Waals surface area contributed by atoms with E-state index >= 15 is 0 Å². The number of halogens is 3. The molecule has 2 aromatic carbocycles. The molecule has 0 aliphatic rings. The molecule has 0 radical (unpaired) electrons. The Morgan fingerprint density at radius 1 is 1.12 bits per heavy atom. The van der Waals surface area contributed by atoms with Crippen LogP contribution in [0.5, 0.6) is 5.75 Å². The maximum Gasteiger partial charge on any atom is 0.573 e. The Labute approximate surface area is 148 Å². The number of ether oxygens (including phenoxy) is 1. The number of hydrogen-bond acceptors (Lipinski definition) is 2. The van der Waals surface area contributed by atoms with Crippen LogP contribution in [0, 0.1) is 13.8 Å². The molecule has 0 spiro atoms. The van der Waals surface area contributed by atoms with E-state index < -0.39 is 12.3 Å². The lowest BCUT2D eigenvalue weighted by atomic mass is 9.99. The molecule has 1 aromatic heterocycles. The Morgan fingerprint density at radius 2 is 1.73 bits per heavy atom. The van der Waals surface area contributed by atoms with Gasteiger partial charge < -0.3 is 15.0 Å². The Bertz CT molecular complexity index is 1000. The molecule has 1 heterocycles. The fourth-order valence-corrected chi connectivity index (χ4v) is 3.32. The van der Waals surface area contributed by atoms with E-state index in [9.17, 15) is 18.0 Å². The third-order valence-corrected chi connectivity index (χ3v) is 4.32. The summed E-state index contributed by atoms with van der Waals surface area (Å²) in [5, 5.41) is 0.881. The van der Waals surface area contributed by atoms with Crippen LogP contribution in [-0.2, 0) is 7.05 Å². The summed E-state index contributed by atoms with van der Waals surface area (Å²) in [7, 11) is 1.75. The van der Waals surface area contributed by atoms with E-state index in [0.29, 0.717) is 11.3 Å². The summed E-state index contributed by atoms with van der Waals surface area (Å²) in [6, 6.07) is 9.53. The molecule has 3 aromatic rings.